The Labute approximate surface area is 125 Å². The Morgan fingerprint density at radius 3 is 2.14 bits per heavy atom. The molecule has 0 saturated carbocycles. The minimum absolute atomic E-state index is 0.273. The molecule has 0 aliphatic carbocycles. The molecule has 0 N–H and O–H groups in total. The largest absolute Gasteiger partial charge is 0.444 e. The molecule has 3 heteroatoms. The van der Waals surface area contributed by atoms with Crippen molar-refractivity contribution in [2.75, 3.05) is 6.54 Å². The highest BCUT2D eigenvalue weighted by Gasteiger charge is 2.11. The minimum atomic E-state index is -0.371. The first kappa shape index (κ1) is 14.9. The molecule has 0 aliphatic rings. The molecule has 0 radical (unpaired) electrons. The molecule has 0 atom stereocenters. The topological polar surface area (TPSA) is 29.5 Å². The molecular weight excluding hydrogens is 262 g/mol. The standard InChI is InChI=1S/C18H19NO2/c1-2-19(14-13-16-9-5-3-6-10-16)18(20)21-15-17-11-7-4-8-12-17/h2-12H,1,13-15H2. The van der Waals surface area contributed by atoms with Crippen LogP contribution in [-0.4, -0.2) is 17.5 Å². The summed E-state index contributed by atoms with van der Waals surface area (Å²) in [5.74, 6) is 0. The third-order valence-corrected chi connectivity index (χ3v) is 3.14. The van der Waals surface area contributed by atoms with E-state index >= 15 is 0 Å². The Bertz CT molecular complexity index is 566. The first-order valence-corrected chi connectivity index (χ1v) is 6.93. The maximum atomic E-state index is 12.0. The van der Waals surface area contributed by atoms with Gasteiger partial charge in [0.1, 0.15) is 6.61 Å². The molecule has 0 aromatic heterocycles. The van der Waals surface area contributed by atoms with Gasteiger partial charge < -0.3 is 4.74 Å². The fourth-order valence-electron chi connectivity index (χ4n) is 1.95. The third kappa shape index (κ3) is 4.80. The lowest BCUT2D eigenvalue weighted by Crippen LogP contribution is -2.28. The summed E-state index contributed by atoms with van der Waals surface area (Å²) in [7, 11) is 0. The van der Waals surface area contributed by atoms with Gasteiger partial charge in [-0.3, -0.25) is 4.90 Å². The maximum absolute atomic E-state index is 12.0. The van der Waals surface area contributed by atoms with Crippen LogP contribution in [0.4, 0.5) is 4.79 Å². The molecule has 0 fully saturated rings. The van der Waals surface area contributed by atoms with Crippen molar-refractivity contribution in [3.63, 3.8) is 0 Å². The van der Waals surface area contributed by atoms with E-state index in [0.29, 0.717) is 6.54 Å². The number of carbonyl (C=O) groups excluding carboxylic acids is 1. The highest BCUT2D eigenvalue weighted by molar-refractivity contribution is 5.68. The zero-order valence-electron chi connectivity index (χ0n) is 11.9. The lowest BCUT2D eigenvalue weighted by Gasteiger charge is -2.17. The van der Waals surface area contributed by atoms with Crippen molar-refractivity contribution in [1.82, 2.24) is 4.90 Å². The van der Waals surface area contributed by atoms with E-state index in [-0.39, 0.29) is 12.7 Å². The Kier molecular flexibility index (Phi) is 5.59. The van der Waals surface area contributed by atoms with Crippen molar-refractivity contribution in [3.8, 4) is 0 Å². The van der Waals surface area contributed by atoms with Crippen LogP contribution in [0.2, 0.25) is 0 Å². The summed E-state index contributed by atoms with van der Waals surface area (Å²) < 4.78 is 5.29. The van der Waals surface area contributed by atoms with Crippen LogP contribution in [0.1, 0.15) is 11.1 Å². The zero-order chi connectivity index (χ0) is 14.9. The molecule has 0 unspecified atom stereocenters. The van der Waals surface area contributed by atoms with E-state index in [9.17, 15) is 4.79 Å². The summed E-state index contributed by atoms with van der Waals surface area (Å²) in [6.45, 7) is 4.50. The van der Waals surface area contributed by atoms with Gasteiger partial charge in [0.05, 0.1) is 0 Å². The average molecular weight is 281 g/mol. The smallest absolute Gasteiger partial charge is 0.414 e. The highest BCUT2D eigenvalue weighted by atomic mass is 16.6. The number of hydrogen-bond donors (Lipinski definition) is 0. The Hall–Kier alpha value is -2.55. The van der Waals surface area contributed by atoms with Crippen molar-refractivity contribution in [3.05, 3.63) is 84.6 Å². The Morgan fingerprint density at radius 1 is 1.00 bits per heavy atom. The van der Waals surface area contributed by atoms with Crippen LogP contribution >= 0.6 is 0 Å². The van der Waals surface area contributed by atoms with Crippen LogP contribution in [0.15, 0.2) is 73.4 Å². The Morgan fingerprint density at radius 2 is 1.57 bits per heavy atom. The molecule has 3 nitrogen and oxygen atoms in total. The molecule has 2 rings (SSSR count). The lowest BCUT2D eigenvalue weighted by atomic mass is 10.1. The van der Waals surface area contributed by atoms with E-state index in [1.165, 1.54) is 16.7 Å². The second-order valence-corrected chi connectivity index (χ2v) is 4.65. The van der Waals surface area contributed by atoms with Crippen LogP contribution in [-0.2, 0) is 17.8 Å². The third-order valence-electron chi connectivity index (χ3n) is 3.14. The number of rotatable bonds is 6. The summed E-state index contributed by atoms with van der Waals surface area (Å²) in [4.78, 5) is 13.5. The van der Waals surface area contributed by atoms with Gasteiger partial charge in [-0.15, -0.1) is 0 Å². The normalized spacial score (nSPS) is 9.90. The van der Waals surface area contributed by atoms with Crippen molar-refractivity contribution in [1.29, 1.82) is 0 Å². The van der Waals surface area contributed by atoms with Crippen molar-refractivity contribution in [2.24, 2.45) is 0 Å². The minimum Gasteiger partial charge on any atom is -0.444 e. The molecule has 0 bridgehead atoms. The van der Waals surface area contributed by atoms with Crippen LogP contribution in [0.5, 0.6) is 0 Å². The van der Waals surface area contributed by atoms with Gasteiger partial charge >= 0.3 is 6.09 Å². The maximum Gasteiger partial charge on any atom is 0.414 e. The summed E-state index contributed by atoms with van der Waals surface area (Å²) in [6.07, 6.45) is 1.91. The Balaban J connectivity index is 1.82. The number of benzene rings is 2. The molecule has 2 aromatic carbocycles. The average Bonchev–Trinajstić information content (AvgIpc) is 2.55. The highest BCUT2D eigenvalue weighted by Crippen LogP contribution is 2.06. The van der Waals surface area contributed by atoms with E-state index in [0.717, 1.165) is 12.0 Å². The monoisotopic (exact) mass is 281 g/mol. The van der Waals surface area contributed by atoms with E-state index < -0.39 is 0 Å². The fraction of sp³-hybridized carbons (Fsp3) is 0.167. The van der Waals surface area contributed by atoms with Gasteiger partial charge in [0.25, 0.3) is 0 Å². The van der Waals surface area contributed by atoms with Gasteiger partial charge in [0.2, 0.25) is 0 Å². The number of amides is 1. The van der Waals surface area contributed by atoms with E-state index in [2.05, 4.69) is 6.58 Å². The van der Waals surface area contributed by atoms with Gasteiger partial charge in [-0.2, -0.15) is 0 Å². The van der Waals surface area contributed by atoms with Crippen molar-refractivity contribution >= 4 is 6.09 Å². The fourth-order valence-corrected chi connectivity index (χ4v) is 1.95. The summed E-state index contributed by atoms with van der Waals surface area (Å²) in [5, 5.41) is 0. The van der Waals surface area contributed by atoms with Crippen LogP contribution < -0.4 is 0 Å². The second-order valence-electron chi connectivity index (χ2n) is 4.65. The summed E-state index contributed by atoms with van der Waals surface area (Å²) in [6, 6.07) is 19.7. The van der Waals surface area contributed by atoms with Gasteiger partial charge in [-0.1, -0.05) is 67.2 Å². The van der Waals surface area contributed by atoms with Gasteiger partial charge in [-0.25, -0.2) is 4.79 Å². The SMILES string of the molecule is C=CN(CCc1ccccc1)C(=O)OCc1ccccc1. The van der Waals surface area contributed by atoms with Crippen LogP contribution in [0.25, 0.3) is 0 Å². The predicted molar refractivity (Wildman–Crippen MR) is 83.7 cm³/mol. The molecule has 0 spiro atoms. The van der Waals surface area contributed by atoms with Crippen LogP contribution in [0, 0.1) is 0 Å². The first-order valence-electron chi connectivity index (χ1n) is 6.93. The molecule has 0 aliphatic heterocycles. The van der Waals surface area contributed by atoms with Crippen molar-refractivity contribution in [2.45, 2.75) is 13.0 Å². The molecular formula is C18H19NO2. The lowest BCUT2D eigenvalue weighted by molar-refractivity contribution is 0.111. The molecule has 0 heterocycles. The predicted octanol–water partition coefficient (Wildman–Crippen LogP) is 4.01. The zero-order valence-corrected chi connectivity index (χ0v) is 11.9. The van der Waals surface area contributed by atoms with E-state index in [4.69, 9.17) is 4.74 Å². The van der Waals surface area contributed by atoms with Crippen LogP contribution in [0.3, 0.4) is 0 Å². The van der Waals surface area contributed by atoms with Gasteiger partial charge in [0, 0.05) is 12.7 Å². The number of nitrogens with zero attached hydrogens (tertiary/aromatic N) is 1. The second kappa shape index (κ2) is 7.90. The number of carbonyl (C=O) groups is 1. The molecule has 0 saturated heterocycles. The first-order chi connectivity index (χ1) is 10.3. The van der Waals surface area contributed by atoms with Gasteiger partial charge in [0.15, 0.2) is 0 Å². The van der Waals surface area contributed by atoms with E-state index in [1.807, 2.05) is 60.7 Å². The molecule has 108 valence electrons. The molecule has 2 aromatic rings. The summed E-state index contributed by atoms with van der Waals surface area (Å²) in [5.41, 5.74) is 2.15. The number of ether oxygens (including phenoxy) is 1. The van der Waals surface area contributed by atoms with E-state index in [1.54, 1.807) is 0 Å². The molecule has 1 amide bonds. The quantitative estimate of drug-likeness (QED) is 0.800. The summed E-state index contributed by atoms with van der Waals surface area (Å²) >= 11 is 0. The van der Waals surface area contributed by atoms with Gasteiger partial charge in [-0.05, 0) is 17.5 Å². The van der Waals surface area contributed by atoms with Crippen molar-refractivity contribution < 1.29 is 9.53 Å². The number of hydrogen-bond acceptors (Lipinski definition) is 2. The molecule has 21 heavy (non-hydrogen) atoms.